The molecule has 1 radical (unpaired) electrons. The lowest BCUT2D eigenvalue weighted by atomic mass is 9.88. The fourth-order valence-electron chi connectivity index (χ4n) is 2.76. The van der Waals surface area contributed by atoms with Crippen molar-refractivity contribution in [3.05, 3.63) is 35.9 Å². The van der Waals surface area contributed by atoms with Crippen molar-refractivity contribution in [3.8, 4) is 0 Å². The van der Waals surface area contributed by atoms with Gasteiger partial charge in [-0.25, -0.2) is 4.79 Å². The van der Waals surface area contributed by atoms with Crippen LogP contribution in [0.25, 0.3) is 0 Å². The van der Waals surface area contributed by atoms with Crippen LogP contribution in [0.5, 0.6) is 0 Å². The lowest BCUT2D eigenvalue weighted by Gasteiger charge is -2.24. The number of hydrogen-bond donors (Lipinski definition) is 4. The van der Waals surface area contributed by atoms with Crippen molar-refractivity contribution >= 4 is 18.2 Å². The van der Waals surface area contributed by atoms with Crippen molar-refractivity contribution in [1.29, 1.82) is 5.41 Å². The number of benzene rings is 1. The lowest BCUT2D eigenvalue weighted by molar-refractivity contribution is -0.128. The average molecular weight is 361 g/mol. The van der Waals surface area contributed by atoms with Crippen LogP contribution in [0.15, 0.2) is 30.3 Å². The second kappa shape index (κ2) is 11.3. The molecule has 0 heterocycles. The van der Waals surface area contributed by atoms with Gasteiger partial charge in [0.2, 0.25) is 0 Å². The van der Waals surface area contributed by atoms with E-state index < -0.39 is 12.1 Å². The van der Waals surface area contributed by atoms with Crippen LogP contribution < -0.4 is 16.8 Å². The third-order valence-electron chi connectivity index (χ3n) is 4.21. The second-order valence-electron chi connectivity index (χ2n) is 6.87. The normalized spacial score (nSPS) is 14.3. The topological polar surface area (TPSA) is 131 Å². The van der Waals surface area contributed by atoms with E-state index in [4.69, 9.17) is 21.6 Å². The highest BCUT2D eigenvalue weighted by atomic mass is 16.5. The van der Waals surface area contributed by atoms with Crippen molar-refractivity contribution in [2.45, 2.75) is 45.3 Å². The molecule has 7 heteroatoms. The van der Waals surface area contributed by atoms with Gasteiger partial charge in [-0.3, -0.25) is 10.2 Å². The van der Waals surface area contributed by atoms with Gasteiger partial charge in [0.05, 0.1) is 6.04 Å². The maximum atomic E-state index is 12.7. The maximum Gasteiger partial charge on any atom is 0.418 e. The van der Waals surface area contributed by atoms with Gasteiger partial charge in [0.15, 0.2) is 17.8 Å². The SMILES string of the molecule is CC(C)CCC(CNC(=N)N)C[C@H](N)C(=O)C(O[C]=O)c1ccccc1. The summed E-state index contributed by atoms with van der Waals surface area (Å²) in [5.41, 5.74) is 12.1. The van der Waals surface area contributed by atoms with Gasteiger partial charge in [-0.1, -0.05) is 50.6 Å². The van der Waals surface area contributed by atoms with E-state index in [9.17, 15) is 9.59 Å². The molecule has 7 nitrogen and oxygen atoms in total. The van der Waals surface area contributed by atoms with Crippen LogP contribution in [0.2, 0.25) is 0 Å². The van der Waals surface area contributed by atoms with Crippen molar-refractivity contribution in [1.82, 2.24) is 5.32 Å². The minimum Gasteiger partial charge on any atom is -0.441 e. The zero-order valence-electron chi connectivity index (χ0n) is 15.4. The second-order valence-corrected chi connectivity index (χ2v) is 6.87. The Morgan fingerprint density at radius 1 is 1.27 bits per heavy atom. The number of ketones is 1. The van der Waals surface area contributed by atoms with Crippen LogP contribution in [0, 0.1) is 17.2 Å². The molecule has 6 N–H and O–H groups in total. The first kappa shape index (κ1) is 21.6. The van der Waals surface area contributed by atoms with E-state index in [1.165, 1.54) is 6.47 Å². The predicted molar refractivity (Wildman–Crippen MR) is 101 cm³/mol. The first-order valence-corrected chi connectivity index (χ1v) is 8.80. The van der Waals surface area contributed by atoms with E-state index in [2.05, 4.69) is 19.2 Å². The Hall–Kier alpha value is -2.41. The van der Waals surface area contributed by atoms with Gasteiger partial charge in [0.1, 0.15) is 0 Å². The van der Waals surface area contributed by atoms with Gasteiger partial charge >= 0.3 is 6.47 Å². The Morgan fingerprint density at radius 2 is 1.92 bits per heavy atom. The number of Topliss-reactive ketones (excluding diaryl/α,β-unsaturated/α-hetero) is 1. The summed E-state index contributed by atoms with van der Waals surface area (Å²) in [5.74, 6) is 0.126. The van der Waals surface area contributed by atoms with Crippen LogP contribution >= 0.6 is 0 Å². The molecule has 0 aromatic heterocycles. The fourth-order valence-corrected chi connectivity index (χ4v) is 2.76. The molecule has 143 valence electrons. The molecule has 1 aromatic carbocycles. The molecule has 0 aliphatic carbocycles. The van der Waals surface area contributed by atoms with Crippen molar-refractivity contribution in [2.75, 3.05) is 6.54 Å². The molecule has 3 atom stereocenters. The molecular formula is C19H29N4O3. The number of ether oxygens (including phenoxy) is 1. The first-order chi connectivity index (χ1) is 12.3. The van der Waals surface area contributed by atoms with Crippen LogP contribution in [0.3, 0.4) is 0 Å². The highest BCUT2D eigenvalue weighted by molar-refractivity contribution is 5.89. The Bertz CT molecular complexity index is 577. The third-order valence-corrected chi connectivity index (χ3v) is 4.21. The molecule has 2 unspecified atom stereocenters. The zero-order valence-corrected chi connectivity index (χ0v) is 15.4. The van der Waals surface area contributed by atoms with E-state index in [0.717, 1.165) is 12.8 Å². The number of carbonyl (C=O) groups is 1. The van der Waals surface area contributed by atoms with E-state index in [1.807, 2.05) is 6.07 Å². The molecule has 1 aromatic rings. The summed E-state index contributed by atoms with van der Waals surface area (Å²) in [5, 5.41) is 10.1. The first-order valence-electron chi connectivity index (χ1n) is 8.80. The van der Waals surface area contributed by atoms with Gasteiger partial charge in [-0.05, 0) is 24.7 Å². The van der Waals surface area contributed by atoms with Crippen LogP contribution in [0.4, 0.5) is 0 Å². The summed E-state index contributed by atoms with van der Waals surface area (Å²) in [4.78, 5) is 23.4. The molecule has 0 saturated carbocycles. The summed E-state index contributed by atoms with van der Waals surface area (Å²) in [7, 11) is 0. The molecule has 0 aliphatic rings. The summed E-state index contributed by atoms with van der Waals surface area (Å²) >= 11 is 0. The number of guanidine groups is 1. The fraction of sp³-hybridized carbons (Fsp3) is 0.526. The number of rotatable bonds is 12. The van der Waals surface area contributed by atoms with E-state index >= 15 is 0 Å². The minimum atomic E-state index is -1.06. The number of nitrogens with two attached hydrogens (primary N) is 2. The van der Waals surface area contributed by atoms with Crippen LogP contribution in [-0.4, -0.2) is 30.8 Å². The lowest BCUT2D eigenvalue weighted by Crippen LogP contribution is -2.41. The monoisotopic (exact) mass is 361 g/mol. The molecule has 0 spiro atoms. The van der Waals surface area contributed by atoms with Gasteiger partial charge in [0.25, 0.3) is 0 Å². The quantitative estimate of drug-likeness (QED) is 0.330. The highest BCUT2D eigenvalue weighted by Gasteiger charge is 2.29. The molecule has 0 amide bonds. The van der Waals surface area contributed by atoms with Crippen molar-refractivity contribution in [3.63, 3.8) is 0 Å². The van der Waals surface area contributed by atoms with Gasteiger partial charge in [-0.15, -0.1) is 0 Å². The number of carbonyl (C=O) groups excluding carboxylic acids is 2. The molecule has 1 rings (SSSR count). The van der Waals surface area contributed by atoms with Crippen molar-refractivity contribution in [2.24, 2.45) is 23.3 Å². The molecular weight excluding hydrogens is 332 g/mol. The highest BCUT2D eigenvalue weighted by Crippen LogP contribution is 2.23. The van der Waals surface area contributed by atoms with Crippen LogP contribution in [-0.2, 0) is 14.3 Å². The minimum absolute atomic E-state index is 0.0804. The van der Waals surface area contributed by atoms with E-state index in [0.29, 0.717) is 24.4 Å². The van der Waals surface area contributed by atoms with E-state index in [1.54, 1.807) is 24.3 Å². The molecule has 0 saturated heterocycles. The van der Waals surface area contributed by atoms with Gasteiger partial charge in [0, 0.05) is 12.1 Å². The van der Waals surface area contributed by atoms with Crippen LogP contribution in [0.1, 0.15) is 44.8 Å². The zero-order chi connectivity index (χ0) is 19.5. The summed E-state index contributed by atoms with van der Waals surface area (Å²) in [6.45, 7) is 6.07. The van der Waals surface area contributed by atoms with E-state index in [-0.39, 0.29) is 17.7 Å². The smallest absolute Gasteiger partial charge is 0.418 e. The summed E-state index contributed by atoms with van der Waals surface area (Å²) < 4.78 is 4.88. The maximum absolute atomic E-state index is 12.7. The number of hydrogen-bond acceptors (Lipinski definition) is 5. The molecule has 26 heavy (non-hydrogen) atoms. The Kier molecular flexibility index (Phi) is 9.36. The summed E-state index contributed by atoms with van der Waals surface area (Å²) in [6.07, 6.45) is 1.19. The Labute approximate surface area is 155 Å². The molecule has 0 aliphatic heterocycles. The predicted octanol–water partition coefficient (Wildman–Crippen LogP) is 1.63. The van der Waals surface area contributed by atoms with Gasteiger partial charge in [-0.2, -0.15) is 0 Å². The Morgan fingerprint density at radius 3 is 2.46 bits per heavy atom. The standard InChI is InChI=1S/C19H29N4O3/c1-13(2)8-9-14(11-23-19(21)22)10-16(20)17(25)18(26-12-24)15-6-4-3-5-7-15/h3-7,13-14,16,18H,8-11,20H2,1-2H3,(H4,21,22,23)/t14?,16-,18?/m0/s1. The van der Waals surface area contributed by atoms with Crippen molar-refractivity contribution < 1.29 is 14.3 Å². The number of nitrogens with one attached hydrogen (secondary N) is 2. The average Bonchev–Trinajstić information content (AvgIpc) is 2.61. The largest absolute Gasteiger partial charge is 0.441 e. The third kappa shape index (κ3) is 7.65. The molecule has 0 bridgehead atoms. The van der Waals surface area contributed by atoms with Gasteiger partial charge < -0.3 is 21.5 Å². The Balaban J connectivity index is 2.79. The molecule has 0 fully saturated rings. The summed E-state index contributed by atoms with van der Waals surface area (Å²) in [6, 6.07) is 7.96.